The predicted octanol–water partition coefficient (Wildman–Crippen LogP) is 2.59. The summed E-state index contributed by atoms with van der Waals surface area (Å²) in [6.45, 7) is 2.91. The molecule has 2 aromatic rings. The van der Waals surface area contributed by atoms with E-state index in [-0.39, 0.29) is 10.5 Å². The van der Waals surface area contributed by atoms with Crippen LogP contribution in [0.1, 0.15) is 35.7 Å². The fourth-order valence-corrected chi connectivity index (χ4v) is 4.40. The number of benzene rings is 2. The highest BCUT2D eigenvalue weighted by Gasteiger charge is 2.27. The topological polar surface area (TPSA) is 120 Å². The van der Waals surface area contributed by atoms with Gasteiger partial charge in [-0.2, -0.15) is 5.26 Å². The van der Waals surface area contributed by atoms with Gasteiger partial charge in [0.25, 0.3) is 5.91 Å². The summed E-state index contributed by atoms with van der Waals surface area (Å²) in [5, 5.41) is 11.6. The molecule has 1 aliphatic rings. The zero-order valence-corrected chi connectivity index (χ0v) is 19.6. The van der Waals surface area contributed by atoms with Gasteiger partial charge < -0.3 is 15.0 Å². The van der Waals surface area contributed by atoms with Crippen LogP contribution in [0.2, 0.25) is 0 Å². The molecule has 174 valence electrons. The summed E-state index contributed by atoms with van der Waals surface area (Å²) in [7, 11) is -0.940. The van der Waals surface area contributed by atoms with Crippen LogP contribution in [0, 0.1) is 11.3 Å². The number of rotatable bonds is 7. The average Bonchev–Trinajstić information content (AvgIpc) is 3.33. The quantitative estimate of drug-likeness (QED) is 0.618. The maximum Gasteiger partial charge on any atom is 0.341 e. The molecular formula is C23H26N4O5S. The van der Waals surface area contributed by atoms with Crippen molar-refractivity contribution in [3.05, 3.63) is 53.6 Å². The summed E-state index contributed by atoms with van der Waals surface area (Å²) < 4.78 is 31.7. The van der Waals surface area contributed by atoms with Crippen molar-refractivity contribution in [2.75, 3.05) is 37.4 Å². The van der Waals surface area contributed by atoms with Crippen LogP contribution in [0.5, 0.6) is 0 Å². The van der Waals surface area contributed by atoms with Gasteiger partial charge in [-0.1, -0.05) is 6.07 Å². The lowest BCUT2D eigenvalue weighted by molar-refractivity contribution is -0.123. The van der Waals surface area contributed by atoms with E-state index in [9.17, 15) is 18.0 Å². The highest BCUT2D eigenvalue weighted by atomic mass is 32.2. The molecule has 0 bridgehead atoms. The number of carbonyl (C=O) groups is 2. The van der Waals surface area contributed by atoms with Gasteiger partial charge in [-0.25, -0.2) is 17.5 Å². The van der Waals surface area contributed by atoms with E-state index in [1.165, 1.54) is 39.2 Å². The zero-order chi connectivity index (χ0) is 24.2. The number of ether oxygens (including phenoxy) is 1. The molecule has 1 amide bonds. The van der Waals surface area contributed by atoms with E-state index < -0.39 is 28.0 Å². The molecule has 1 atom stereocenters. The van der Waals surface area contributed by atoms with E-state index in [4.69, 9.17) is 10.00 Å². The number of hydrogen-bond acceptors (Lipinski definition) is 7. The van der Waals surface area contributed by atoms with Crippen molar-refractivity contribution in [1.82, 2.24) is 4.31 Å². The Morgan fingerprint density at radius 2 is 1.85 bits per heavy atom. The predicted molar refractivity (Wildman–Crippen MR) is 123 cm³/mol. The van der Waals surface area contributed by atoms with Crippen LogP contribution >= 0.6 is 0 Å². The van der Waals surface area contributed by atoms with E-state index in [0.717, 1.165) is 30.2 Å². The van der Waals surface area contributed by atoms with Gasteiger partial charge >= 0.3 is 5.97 Å². The van der Waals surface area contributed by atoms with Crippen molar-refractivity contribution in [3.63, 3.8) is 0 Å². The molecule has 1 heterocycles. The number of nitriles is 1. The fourth-order valence-electron chi connectivity index (χ4n) is 3.47. The third kappa shape index (κ3) is 5.50. The number of esters is 1. The maximum atomic E-state index is 13.1. The van der Waals surface area contributed by atoms with Crippen LogP contribution < -0.4 is 10.2 Å². The van der Waals surface area contributed by atoms with Gasteiger partial charge in [-0.15, -0.1) is 0 Å². The van der Waals surface area contributed by atoms with Crippen molar-refractivity contribution >= 4 is 33.3 Å². The number of nitrogens with zero attached hydrogens (tertiary/aromatic N) is 3. The highest BCUT2D eigenvalue weighted by molar-refractivity contribution is 7.89. The Bertz CT molecular complexity index is 1200. The van der Waals surface area contributed by atoms with E-state index >= 15 is 0 Å². The fraction of sp³-hybridized carbons (Fsp3) is 0.348. The van der Waals surface area contributed by atoms with Crippen molar-refractivity contribution in [3.8, 4) is 6.07 Å². The maximum absolute atomic E-state index is 13.1. The lowest BCUT2D eigenvalue weighted by Gasteiger charge is -2.23. The summed E-state index contributed by atoms with van der Waals surface area (Å²) in [4.78, 5) is 27.6. The highest BCUT2D eigenvalue weighted by Crippen LogP contribution is 2.29. The standard InChI is InChI=1S/C23H26N4O5S/c1-16(22(28)25-18-8-6-7-17(13-18)15-24)32-23(29)20-14-19(33(30,31)26(2)3)9-10-21(20)27-11-4-5-12-27/h6-10,13-14,16H,4-5,11-12H2,1-3H3,(H,25,28)/t16-/m1/s1. The zero-order valence-electron chi connectivity index (χ0n) is 18.7. The minimum absolute atomic E-state index is 0.0344. The van der Waals surface area contributed by atoms with Gasteiger partial charge in [0, 0.05) is 32.9 Å². The van der Waals surface area contributed by atoms with E-state index in [1.54, 1.807) is 24.3 Å². The van der Waals surface area contributed by atoms with Gasteiger partial charge in [0.1, 0.15) is 0 Å². The van der Waals surface area contributed by atoms with Gasteiger partial charge in [-0.05, 0) is 56.2 Å². The Morgan fingerprint density at radius 1 is 1.15 bits per heavy atom. The third-order valence-electron chi connectivity index (χ3n) is 5.33. The van der Waals surface area contributed by atoms with Gasteiger partial charge in [0.15, 0.2) is 6.10 Å². The van der Waals surface area contributed by atoms with E-state index in [1.807, 2.05) is 11.0 Å². The molecular weight excluding hydrogens is 444 g/mol. The van der Waals surface area contributed by atoms with Crippen molar-refractivity contribution < 1.29 is 22.7 Å². The number of hydrogen-bond donors (Lipinski definition) is 1. The van der Waals surface area contributed by atoms with Gasteiger partial charge in [0.05, 0.1) is 27.8 Å². The lowest BCUT2D eigenvalue weighted by Crippen LogP contribution is -2.31. The molecule has 1 fully saturated rings. The number of amides is 1. The van der Waals surface area contributed by atoms with Crippen molar-refractivity contribution in [2.24, 2.45) is 0 Å². The second kappa shape index (κ2) is 10.0. The lowest BCUT2D eigenvalue weighted by atomic mass is 10.1. The number of sulfonamides is 1. The molecule has 0 aromatic heterocycles. The van der Waals surface area contributed by atoms with Gasteiger partial charge in [0.2, 0.25) is 10.0 Å². The van der Waals surface area contributed by atoms with Crippen LogP contribution in [0.25, 0.3) is 0 Å². The first-order chi connectivity index (χ1) is 15.6. The molecule has 1 saturated heterocycles. The molecule has 0 spiro atoms. The molecule has 1 N–H and O–H groups in total. The van der Waals surface area contributed by atoms with Crippen LogP contribution in [-0.2, 0) is 19.6 Å². The monoisotopic (exact) mass is 470 g/mol. The molecule has 33 heavy (non-hydrogen) atoms. The number of anilines is 2. The first-order valence-corrected chi connectivity index (χ1v) is 11.9. The molecule has 10 heteroatoms. The summed E-state index contributed by atoms with van der Waals surface area (Å²) in [5.41, 5.74) is 1.45. The van der Waals surface area contributed by atoms with Crippen LogP contribution in [0.15, 0.2) is 47.4 Å². The van der Waals surface area contributed by atoms with Crippen molar-refractivity contribution in [1.29, 1.82) is 5.26 Å². The smallest absolute Gasteiger partial charge is 0.341 e. The molecule has 2 aromatic carbocycles. The Hall–Kier alpha value is -3.42. The Morgan fingerprint density at radius 3 is 2.48 bits per heavy atom. The van der Waals surface area contributed by atoms with Crippen LogP contribution in [0.3, 0.4) is 0 Å². The molecule has 3 rings (SSSR count). The number of nitrogens with one attached hydrogen (secondary N) is 1. The number of carbonyl (C=O) groups excluding carboxylic acids is 2. The summed E-state index contributed by atoms with van der Waals surface area (Å²) in [5.74, 6) is -1.36. The first-order valence-electron chi connectivity index (χ1n) is 10.5. The molecule has 9 nitrogen and oxygen atoms in total. The van der Waals surface area contributed by atoms with E-state index in [0.29, 0.717) is 16.9 Å². The van der Waals surface area contributed by atoms with Crippen molar-refractivity contribution in [2.45, 2.75) is 30.8 Å². The second-order valence-electron chi connectivity index (χ2n) is 7.89. The molecule has 0 unspecified atom stereocenters. The normalized spacial score (nSPS) is 14.6. The minimum Gasteiger partial charge on any atom is -0.449 e. The molecule has 0 saturated carbocycles. The Labute approximate surface area is 193 Å². The largest absolute Gasteiger partial charge is 0.449 e. The second-order valence-corrected chi connectivity index (χ2v) is 10.0. The molecule has 0 radical (unpaired) electrons. The Kier molecular flexibility index (Phi) is 7.36. The molecule has 0 aliphatic carbocycles. The SMILES string of the molecule is C[C@@H](OC(=O)c1cc(S(=O)(=O)N(C)C)ccc1N1CCCC1)C(=O)Nc1cccc(C#N)c1. The van der Waals surface area contributed by atoms with E-state index in [2.05, 4.69) is 5.32 Å². The third-order valence-corrected chi connectivity index (χ3v) is 7.14. The molecule has 1 aliphatic heterocycles. The minimum atomic E-state index is -3.76. The van der Waals surface area contributed by atoms with Gasteiger partial charge in [-0.3, -0.25) is 4.79 Å². The summed E-state index contributed by atoms with van der Waals surface area (Å²) in [6, 6.07) is 12.7. The summed E-state index contributed by atoms with van der Waals surface area (Å²) in [6.07, 6.45) is 0.781. The van der Waals surface area contributed by atoms with Crippen LogP contribution in [0.4, 0.5) is 11.4 Å². The van der Waals surface area contributed by atoms with Crippen LogP contribution in [-0.4, -0.2) is 57.9 Å². The average molecular weight is 471 g/mol. The first kappa shape index (κ1) is 24.2. The summed E-state index contributed by atoms with van der Waals surface area (Å²) >= 11 is 0. The Balaban J connectivity index is 1.84.